The van der Waals surface area contributed by atoms with E-state index in [-0.39, 0.29) is 22.9 Å². The van der Waals surface area contributed by atoms with Crippen LogP contribution in [0.25, 0.3) is 17.4 Å². The Morgan fingerprint density at radius 2 is 1.91 bits per heavy atom. The van der Waals surface area contributed by atoms with Crippen LogP contribution in [0.15, 0.2) is 39.7 Å². The maximum Gasteiger partial charge on any atom is 0.294 e. The minimum atomic E-state index is -1.29. The van der Waals surface area contributed by atoms with Crippen LogP contribution in [-0.2, 0) is 14.3 Å². The molecule has 0 radical (unpaired) electrons. The minimum Gasteiger partial charge on any atom is -0.545 e. The summed E-state index contributed by atoms with van der Waals surface area (Å²) in [7, 11) is 0. The Kier molecular flexibility index (Phi) is 6.15. The first-order chi connectivity index (χ1) is 15.3. The van der Waals surface area contributed by atoms with Crippen LogP contribution in [0.4, 0.5) is 4.79 Å². The molecule has 0 aliphatic carbocycles. The zero-order valence-corrected chi connectivity index (χ0v) is 18.0. The zero-order chi connectivity index (χ0) is 22.8. The Bertz CT molecular complexity index is 1130. The molecule has 0 saturated carbocycles. The largest absolute Gasteiger partial charge is 0.545 e. The first-order valence-corrected chi connectivity index (χ1v) is 10.7. The highest BCUT2D eigenvalue weighted by Crippen LogP contribution is 2.34. The van der Waals surface area contributed by atoms with Gasteiger partial charge in [-0.1, -0.05) is 12.1 Å². The molecule has 3 heterocycles. The van der Waals surface area contributed by atoms with E-state index in [0.29, 0.717) is 43.4 Å². The summed E-state index contributed by atoms with van der Waals surface area (Å²) >= 11 is 0.737. The number of carbonyl (C=O) groups excluding carboxylic acids is 4. The molecule has 0 atom stereocenters. The maximum absolute atomic E-state index is 12.7. The van der Waals surface area contributed by atoms with Crippen molar-refractivity contribution < 1.29 is 33.4 Å². The van der Waals surface area contributed by atoms with Gasteiger partial charge in [0, 0.05) is 24.7 Å². The van der Waals surface area contributed by atoms with Crippen molar-refractivity contribution in [2.24, 2.45) is 0 Å². The number of hydrogen-bond acceptors (Lipinski definition) is 8. The molecule has 0 bridgehead atoms. The van der Waals surface area contributed by atoms with Gasteiger partial charge >= 0.3 is 0 Å². The summed E-state index contributed by atoms with van der Waals surface area (Å²) < 4.78 is 11.0. The van der Waals surface area contributed by atoms with Gasteiger partial charge in [-0.05, 0) is 48.0 Å². The smallest absolute Gasteiger partial charge is 0.294 e. The molecule has 4 rings (SSSR count). The fourth-order valence-electron chi connectivity index (χ4n) is 3.40. The monoisotopic (exact) mass is 455 g/mol. The number of nitrogens with zero attached hydrogens (tertiary/aromatic N) is 2. The summed E-state index contributed by atoms with van der Waals surface area (Å²) in [4.78, 5) is 51.2. The normalized spacial score (nSPS) is 18.0. The molecule has 2 saturated heterocycles. The number of imide groups is 1. The number of aryl methyl sites for hydroxylation is 1. The lowest BCUT2D eigenvalue weighted by molar-refractivity contribution is -0.255. The van der Waals surface area contributed by atoms with E-state index >= 15 is 0 Å². The first-order valence-electron chi connectivity index (χ1n) is 9.86. The molecule has 0 N–H and O–H groups in total. The average molecular weight is 455 g/mol. The fraction of sp³-hybridized carbons (Fsp3) is 0.273. The molecule has 3 amide bonds. The van der Waals surface area contributed by atoms with Gasteiger partial charge in [0.2, 0.25) is 5.91 Å². The number of furan rings is 1. The highest BCUT2D eigenvalue weighted by molar-refractivity contribution is 8.18. The summed E-state index contributed by atoms with van der Waals surface area (Å²) in [6, 6.07) is 7.83. The van der Waals surface area contributed by atoms with E-state index in [2.05, 4.69) is 0 Å². The van der Waals surface area contributed by atoms with Gasteiger partial charge in [0.15, 0.2) is 0 Å². The molecular formula is C22H19N2O7S-. The van der Waals surface area contributed by atoms with Crippen LogP contribution in [0.3, 0.4) is 0 Å². The Morgan fingerprint density at radius 3 is 2.62 bits per heavy atom. The molecule has 9 nitrogen and oxygen atoms in total. The molecule has 1 aromatic heterocycles. The van der Waals surface area contributed by atoms with Gasteiger partial charge in [0.25, 0.3) is 11.1 Å². The maximum atomic E-state index is 12.7. The van der Waals surface area contributed by atoms with Crippen LogP contribution in [0.2, 0.25) is 0 Å². The van der Waals surface area contributed by atoms with Gasteiger partial charge in [-0.25, -0.2) is 0 Å². The predicted octanol–water partition coefficient (Wildman–Crippen LogP) is 1.51. The number of rotatable bonds is 5. The van der Waals surface area contributed by atoms with Crippen molar-refractivity contribution in [2.45, 2.75) is 6.92 Å². The number of benzene rings is 1. The number of aromatic carboxylic acids is 1. The van der Waals surface area contributed by atoms with Crippen LogP contribution in [-0.4, -0.2) is 65.7 Å². The van der Waals surface area contributed by atoms with Crippen molar-refractivity contribution >= 4 is 40.9 Å². The van der Waals surface area contributed by atoms with Gasteiger partial charge in [0.05, 0.1) is 24.1 Å². The minimum absolute atomic E-state index is 0.0228. The van der Waals surface area contributed by atoms with E-state index < -0.39 is 17.1 Å². The van der Waals surface area contributed by atoms with Crippen LogP contribution >= 0.6 is 11.8 Å². The molecule has 2 fully saturated rings. The summed E-state index contributed by atoms with van der Waals surface area (Å²) in [6.07, 6.45) is 1.44. The highest BCUT2D eigenvalue weighted by Gasteiger charge is 2.37. The van der Waals surface area contributed by atoms with E-state index in [1.807, 2.05) is 6.92 Å². The van der Waals surface area contributed by atoms with E-state index in [1.165, 1.54) is 18.2 Å². The van der Waals surface area contributed by atoms with Crippen LogP contribution < -0.4 is 5.11 Å². The molecule has 2 aromatic rings. The molecule has 1 aromatic carbocycles. The third kappa shape index (κ3) is 4.46. The second kappa shape index (κ2) is 9.01. The van der Waals surface area contributed by atoms with Crippen LogP contribution in [0, 0.1) is 6.92 Å². The Balaban J connectivity index is 1.50. The van der Waals surface area contributed by atoms with Gasteiger partial charge in [-0.15, -0.1) is 0 Å². The Morgan fingerprint density at radius 1 is 1.16 bits per heavy atom. The number of carbonyl (C=O) groups is 4. The number of amides is 3. The lowest BCUT2D eigenvalue weighted by Crippen LogP contribution is -2.46. The number of carboxylic acids is 1. The SMILES string of the molecule is Cc1ccc(C(=O)[O-])cc1-c1ccc(/C=C2\SC(=O)N(CC(=O)N3CCOCC3)C2=O)o1. The van der Waals surface area contributed by atoms with E-state index in [4.69, 9.17) is 9.15 Å². The Labute approximate surface area is 187 Å². The van der Waals surface area contributed by atoms with Gasteiger partial charge < -0.3 is 24.0 Å². The van der Waals surface area contributed by atoms with Crippen molar-refractivity contribution in [1.82, 2.24) is 9.80 Å². The van der Waals surface area contributed by atoms with Crippen molar-refractivity contribution in [3.63, 3.8) is 0 Å². The third-order valence-electron chi connectivity index (χ3n) is 5.17. The van der Waals surface area contributed by atoms with Gasteiger partial charge in [-0.3, -0.25) is 19.3 Å². The van der Waals surface area contributed by atoms with Crippen LogP contribution in [0.5, 0.6) is 0 Å². The van der Waals surface area contributed by atoms with E-state index in [0.717, 1.165) is 22.2 Å². The molecule has 0 unspecified atom stereocenters. The topological polar surface area (TPSA) is 120 Å². The fourth-order valence-corrected chi connectivity index (χ4v) is 4.22. The molecule has 0 spiro atoms. The van der Waals surface area contributed by atoms with Gasteiger partial charge in [0.1, 0.15) is 18.1 Å². The lowest BCUT2D eigenvalue weighted by Gasteiger charge is -2.27. The molecule has 32 heavy (non-hydrogen) atoms. The van der Waals surface area contributed by atoms with Crippen LogP contribution in [0.1, 0.15) is 21.7 Å². The summed E-state index contributed by atoms with van der Waals surface area (Å²) in [5.74, 6) is -1.42. The number of morpholine rings is 1. The summed E-state index contributed by atoms with van der Waals surface area (Å²) in [6.45, 7) is 3.21. The average Bonchev–Trinajstić information content (AvgIpc) is 3.34. The quantitative estimate of drug-likeness (QED) is 0.623. The third-order valence-corrected chi connectivity index (χ3v) is 6.08. The highest BCUT2D eigenvalue weighted by atomic mass is 32.2. The predicted molar refractivity (Wildman–Crippen MR) is 113 cm³/mol. The zero-order valence-electron chi connectivity index (χ0n) is 17.2. The Hall–Kier alpha value is -3.37. The number of ether oxygens (including phenoxy) is 1. The molecule has 2 aliphatic rings. The van der Waals surface area contributed by atoms with Crippen molar-refractivity contribution in [2.75, 3.05) is 32.8 Å². The van der Waals surface area contributed by atoms with Crippen molar-refractivity contribution in [3.8, 4) is 11.3 Å². The second-order valence-corrected chi connectivity index (χ2v) is 8.27. The van der Waals surface area contributed by atoms with E-state index in [1.54, 1.807) is 23.1 Å². The first kappa shape index (κ1) is 21.8. The summed E-state index contributed by atoms with van der Waals surface area (Å²) in [5, 5.41) is 10.6. The van der Waals surface area contributed by atoms with Crippen molar-refractivity contribution in [3.05, 3.63) is 52.1 Å². The molecular weight excluding hydrogens is 436 g/mol. The van der Waals surface area contributed by atoms with Gasteiger partial charge in [-0.2, -0.15) is 0 Å². The second-order valence-electron chi connectivity index (χ2n) is 7.28. The number of hydrogen-bond donors (Lipinski definition) is 0. The lowest BCUT2D eigenvalue weighted by atomic mass is 10.0. The summed E-state index contributed by atoms with van der Waals surface area (Å²) in [5.41, 5.74) is 1.41. The number of thioether (sulfide) groups is 1. The molecule has 2 aliphatic heterocycles. The van der Waals surface area contributed by atoms with Crippen molar-refractivity contribution in [1.29, 1.82) is 0 Å². The van der Waals surface area contributed by atoms with E-state index in [9.17, 15) is 24.3 Å². The number of carboxylic acid groups (broad SMARTS) is 1. The molecule has 166 valence electrons. The molecule has 10 heteroatoms. The standard InChI is InChI=1S/C22H20N2O7S/c1-13-2-3-14(21(27)28)10-16(13)17-5-4-15(31-17)11-18-20(26)24(22(29)32-18)12-19(25)23-6-8-30-9-7-23/h2-5,10-11H,6-9,12H2,1H3,(H,27,28)/p-1/b18-11-.